The van der Waals surface area contributed by atoms with Crippen molar-refractivity contribution in [2.45, 2.75) is 19.5 Å². The minimum Gasteiger partial charge on any atom is -0.496 e. The molecule has 0 radical (unpaired) electrons. The van der Waals surface area contributed by atoms with Gasteiger partial charge in [-0.1, -0.05) is 23.7 Å². The van der Waals surface area contributed by atoms with E-state index < -0.39 is 0 Å². The molecule has 2 aromatic rings. The van der Waals surface area contributed by atoms with Gasteiger partial charge >= 0.3 is 0 Å². The van der Waals surface area contributed by atoms with Crippen LogP contribution >= 0.6 is 11.6 Å². The van der Waals surface area contributed by atoms with Crippen LogP contribution in [0, 0.1) is 0 Å². The zero-order chi connectivity index (χ0) is 18.4. The standard InChI is InChI=1S/C19H23ClN2O3/c1-13(19(23)21-16-7-5-6-8-18(16)25-4)22(2)12-14-11-15(20)9-10-17(14)24-3/h5-11,13H,12H2,1-4H3,(H,21,23)/t13-/m1/s1. The number of hydrogen-bond acceptors (Lipinski definition) is 4. The molecular formula is C19H23ClN2O3. The summed E-state index contributed by atoms with van der Waals surface area (Å²) in [6.07, 6.45) is 0. The first-order valence-electron chi connectivity index (χ1n) is 7.92. The van der Waals surface area contributed by atoms with Gasteiger partial charge < -0.3 is 14.8 Å². The summed E-state index contributed by atoms with van der Waals surface area (Å²) in [5.41, 5.74) is 1.57. The fraction of sp³-hybridized carbons (Fsp3) is 0.316. The van der Waals surface area contributed by atoms with Crippen LogP contribution in [0.15, 0.2) is 42.5 Å². The highest BCUT2D eigenvalue weighted by Gasteiger charge is 2.20. The zero-order valence-corrected chi connectivity index (χ0v) is 15.6. The highest BCUT2D eigenvalue weighted by Crippen LogP contribution is 2.25. The molecule has 5 nitrogen and oxygen atoms in total. The Morgan fingerprint density at radius 2 is 1.84 bits per heavy atom. The van der Waals surface area contributed by atoms with Gasteiger partial charge in [-0.2, -0.15) is 0 Å². The first-order valence-corrected chi connectivity index (χ1v) is 8.30. The van der Waals surface area contributed by atoms with Crippen LogP contribution in [0.25, 0.3) is 0 Å². The maximum atomic E-state index is 12.6. The van der Waals surface area contributed by atoms with E-state index in [0.29, 0.717) is 23.0 Å². The number of benzene rings is 2. The van der Waals surface area contributed by atoms with Crippen molar-refractivity contribution in [3.8, 4) is 11.5 Å². The van der Waals surface area contributed by atoms with E-state index in [4.69, 9.17) is 21.1 Å². The van der Waals surface area contributed by atoms with Crippen LogP contribution in [0.1, 0.15) is 12.5 Å². The summed E-state index contributed by atoms with van der Waals surface area (Å²) in [4.78, 5) is 14.5. The van der Waals surface area contributed by atoms with Crippen molar-refractivity contribution < 1.29 is 14.3 Å². The molecule has 0 unspecified atom stereocenters. The smallest absolute Gasteiger partial charge is 0.241 e. The van der Waals surface area contributed by atoms with Crippen LogP contribution in [0.5, 0.6) is 11.5 Å². The average molecular weight is 363 g/mol. The van der Waals surface area contributed by atoms with E-state index in [1.807, 2.05) is 49.2 Å². The van der Waals surface area contributed by atoms with E-state index in [9.17, 15) is 4.79 Å². The van der Waals surface area contributed by atoms with Crippen LogP contribution in [0.4, 0.5) is 5.69 Å². The molecule has 2 aromatic carbocycles. The van der Waals surface area contributed by atoms with Gasteiger partial charge in [0.2, 0.25) is 5.91 Å². The van der Waals surface area contributed by atoms with Gasteiger partial charge in [0.1, 0.15) is 11.5 Å². The maximum absolute atomic E-state index is 12.6. The zero-order valence-electron chi connectivity index (χ0n) is 14.9. The van der Waals surface area contributed by atoms with E-state index in [1.54, 1.807) is 26.4 Å². The molecular weight excluding hydrogens is 340 g/mol. The maximum Gasteiger partial charge on any atom is 0.241 e. The predicted octanol–water partition coefficient (Wildman–Crippen LogP) is 3.82. The Bertz CT molecular complexity index is 736. The molecule has 0 heterocycles. The van der Waals surface area contributed by atoms with Gasteiger partial charge in [-0.15, -0.1) is 0 Å². The molecule has 0 aliphatic rings. The molecule has 25 heavy (non-hydrogen) atoms. The summed E-state index contributed by atoms with van der Waals surface area (Å²) in [5, 5.41) is 3.54. The molecule has 1 atom stereocenters. The lowest BCUT2D eigenvalue weighted by molar-refractivity contribution is -0.120. The monoisotopic (exact) mass is 362 g/mol. The summed E-state index contributed by atoms with van der Waals surface area (Å²) in [6, 6.07) is 12.4. The lowest BCUT2D eigenvalue weighted by Gasteiger charge is -2.25. The third kappa shape index (κ3) is 4.87. The number of nitrogens with zero attached hydrogens (tertiary/aromatic N) is 1. The van der Waals surface area contributed by atoms with Gasteiger partial charge in [0.15, 0.2) is 0 Å². The van der Waals surface area contributed by atoms with Gasteiger partial charge in [-0.3, -0.25) is 9.69 Å². The number of para-hydroxylation sites is 2. The van der Waals surface area contributed by atoms with E-state index in [0.717, 1.165) is 11.3 Å². The topological polar surface area (TPSA) is 50.8 Å². The number of anilines is 1. The summed E-state index contributed by atoms with van der Waals surface area (Å²) < 4.78 is 10.6. The molecule has 6 heteroatoms. The molecule has 1 amide bonds. The molecule has 0 saturated heterocycles. The van der Waals surface area contributed by atoms with E-state index in [2.05, 4.69) is 5.32 Å². The van der Waals surface area contributed by atoms with Crippen molar-refractivity contribution in [2.75, 3.05) is 26.6 Å². The number of carbonyl (C=O) groups is 1. The minimum absolute atomic E-state index is 0.118. The number of likely N-dealkylation sites (N-methyl/N-ethyl adjacent to an activating group) is 1. The largest absolute Gasteiger partial charge is 0.496 e. The van der Waals surface area contributed by atoms with Crippen molar-refractivity contribution in [1.29, 1.82) is 0 Å². The third-order valence-corrected chi connectivity index (χ3v) is 4.30. The molecule has 134 valence electrons. The Hall–Kier alpha value is -2.24. The highest BCUT2D eigenvalue weighted by molar-refractivity contribution is 6.30. The number of hydrogen-bond donors (Lipinski definition) is 1. The Kier molecular flexibility index (Phi) is 6.67. The number of methoxy groups -OCH3 is 2. The normalized spacial score (nSPS) is 11.9. The first-order chi connectivity index (χ1) is 12.0. The van der Waals surface area contributed by atoms with Crippen molar-refractivity contribution in [2.24, 2.45) is 0 Å². The molecule has 2 rings (SSSR count). The fourth-order valence-electron chi connectivity index (χ4n) is 2.46. The molecule has 0 aliphatic carbocycles. The predicted molar refractivity (Wildman–Crippen MR) is 101 cm³/mol. The van der Waals surface area contributed by atoms with Gasteiger partial charge in [-0.05, 0) is 44.3 Å². The summed E-state index contributed by atoms with van der Waals surface area (Å²) in [5.74, 6) is 1.25. The van der Waals surface area contributed by atoms with Crippen LogP contribution in [-0.2, 0) is 11.3 Å². The number of amides is 1. The quantitative estimate of drug-likeness (QED) is 0.813. The summed E-state index contributed by atoms with van der Waals surface area (Å²) >= 11 is 6.07. The average Bonchev–Trinajstić information content (AvgIpc) is 2.61. The minimum atomic E-state index is -0.353. The first kappa shape index (κ1) is 19.1. The van der Waals surface area contributed by atoms with Gasteiger partial charge in [0, 0.05) is 17.1 Å². The van der Waals surface area contributed by atoms with Crippen LogP contribution < -0.4 is 14.8 Å². The second-order valence-electron chi connectivity index (χ2n) is 5.74. The number of halogens is 1. The Morgan fingerprint density at radius 3 is 2.52 bits per heavy atom. The molecule has 0 saturated carbocycles. The lowest BCUT2D eigenvalue weighted by Crippen LogP contribution is -2.39. The van der Waals surface area contributed by atoms with Gasteiger partial charge in [0.05, 0.1) is 25.9 Å². The van der Waals surface area contributed by atoms with Crippen molar-refractivity contribution in [3.05, 3.63) is 53.1 Å². The van der Waals surface area contributed by atoms with E-state index in [-0.39, 0.29) is 11.9 Å². The molecule has 0 bridgehead atoms. The molecule has 0 aliphatic heterocycles. The number of nitrogens with one attached hydrogen (secondary N) is 1. The van der Waals surface area contributed by atoms with E-state index >= 15 is 0 Å². The number of ether oxygens (including phenoxy) is 2. The van der Waals surface area contributed by atoms with Gasteiger partial charge in [0.25, 0.3) is 0 Å². The molecule has 0 aromatic heterocycles. The Labute approximate surface area is 153 Å². The van der Waals surface area contributed by atoms with Crippen LogP contribution in [-0.4, -0.2) is 38.1 Å². The third-order valence-electron chi connectivity index (χ3n) is 4.07. The lowest BCUT2D eigenvalue weighted by atomic mass is 10.1. The van der Waals surface area contributed by atoms with Crippen LogP contribution in [0.2, 0.25) is 5.02 Å². The fourth-order valence-corrected chi connectivity index (χ4v) is 2.66. The van der Waals surface area contributed by atoms with Crippen molar-refractivity contribution >= 4 is 23.2 Å². The second-order valence-corrected chi connectivity index (χ2v) is 6.17. The molecule has 0 spiro atoms. The molecule has 1 N–H and O–H groups in total. The Balaban J connectivity index is 2.07. The van der Waals surface area contributed by atoms with Crippen molar-refractivity contribution in [3.63, 3.8) is 0 Å². The van der Waals surface area contributed by atoms with Crippen molar-refractivity contribution in [1.82, 2.24) is 4.90 Å². The van der Waals surface area contributed by atoms with Gasteiger partial charge in [-0.25, -0.2) is 0 Å². The SMILES string of the molecule is COc1ccc(Cl)cc1CN(C)[C@H](C)C(=O)Nc1ccccc1OC. The van der Waals surface area contributed by atoms with Crippen LogP contribution in [0.3, 0.4) is 0 Å². The number of rotatable bonds is 7. The molecule has 0 fully saturated rings. The summed E-state index contributed by atoms with van der Waals surface area (Å²) in [6.45, 7) is 2.38. The summed E-state index contributed by atoms with van der Waals surface area (Å²) in [7, 11) is 5.07. The highest BCUT2D eigenvalue weighted by atomic mass is 35.5. The van der Waals surface area contributed by atoms with E-state index in [1.165, 1.54) is 0 Å². The number of carbonyl (C=O) groups excluding carboxylic acids is 1. The second kappa shape index (κ2) is 8.74. The Morgan fingerprint density at radius 1 is 1.16 bits per heavy atom.